The summed E-state index contributed by atoms with van der Waals surface area (Å²) in [5.74, 6) is -0.294. The number of anilines is 2. The smallest absolute Gasteiger partial charge is 0.246 e. The van der Waals surface area contributed by atoms with Gasteiger partial charge in [0.15, 0.2) is 11.6 Å². The summed E-state index contributed by atoms with van der Waals surface area (Å²) in [6.07, 6.45) is 0.874. The molecule has 0 bridgehead atoms. The zero-order chi connectivity index (χ0) is 15.5. The molecule has 1 aliphatic rings. The Bertz CT molecular complexity index is 703. The number of carbonyl (C=O) groups excluding carboxylic acids is 1. The molecule has 2 aromatic carbocycles. The molecule has 0 saturated heterocycles. The second-order valence-corrected chi connectivity index (χ2v) is 5.13. The number of hydrogen-bond donors (Lipinski definition) is 1. The maximum atomic E-state index is 13.6. The van der Waals surface area contributed by atoms with E-state index in [0.717, 1.165) is 12.1 Å². The van der Waals surface area contributed by atoms with Gasteiger partial charge < -0.3 is 15.0 Å². The van der Waals surface area contributed by atoms with Crippen LogP contribution < -0.4 is 15.0 Å². The highest BCUT2D eigenvalue weighted by atomic mass is 19.1. The van der Waals surface area contributed by atoms with Gasteiger partial charge in [0.1, 0.15) is 0 Å². The highest BCUT2D eigenvalue weighted by Crippen LogP contribution is 2.27. The number of para-hydroxylation sites is 1. The fourth-order valence-corrected chi connectivity index (χ4v) is 2.65. The summed E-state index contributed by atoms with van der Waals surface area (Å²) in [5.41, 5.74) is 2.71. The Balaban J connectivity index is 1.65. The van der Waals surface area contributed by atoms with Crippen LogP contribution in [-0.4, -0.2) is 26.1 Å². The first-order valence-electron chi connectivity index (χ1n) is 7.14. The third-order valence-electron chi connectivity index (χ3n) is 3.78. The Morgan fingerprint density at radius 1 is 1.32 bits per heavy atom. The minimum absolute atomic E-state index is 0.0267. The quantitative estimate of drug-likeness (QED) is 0.944. The molecule has 0 radical (unpaired) electrons. The number of ether oxygens (including phenoxy) is 1. The van der Waals surface area contributed by atoms with Crippen molar-refractivity contribution in [2.24, 2.45) is 0 Å². The molecule has 0 spiro atoms. The molecule has 0 aromatic heterocycles. The van der Waals surface area contributed by atoms with Crippen LogP contribution in [0, 0.1) is 5.82 Å². The molecule has 4 nitrogen and oxygen atoms in total. The predicted molar refractivity (Wildman–Crippen MR) is 83.9 cm³/mol. The molecular formula is C17H17FN2O2. The van der Waals surface area contributed by atoms with Crippen molar-refractivity contribution >= 4 is 17.3 Å². The van der Waals surface area contributed by atoms with Crippen LogP contribution in [0.4, 0.5) is 15.8 Å². The normalized spacial score (nSPS) is 12.9. The van der Waals surface area contributed by atoms with E-state index in [1.54, 1.807) is 11.0 Å². The standard InChI is InChI=1S/C17H17FN2O2/c1-22-16-7-6-13(10-14(16)18)19-11-17(21)20-9-8-12-4-2-3-5-15(12)20/h2-7,10,19H,8-9,11H2,1H3. The van der Waals surface area contributed by atoms with Crippen LogP contribution in [-0.2, 0) is 11.2 Å². The van der Waals surface area contributed by atoms with E-state index in [1.165, 1.54) is 24.8 Å². The first kappa shape index (κ1) is 14.4. The number of carbonyl (C=O) groups is 1. The molecule has 2 aromatic rings. The van der Waals surface area contributed by atoms with Crippen LogP contribution in [0.25, 0.3) is 0 Å². The molecule has 1 aliphatic heterocycles. The fraction of sp³-hybridized carbons (Fsp3) is 0.235. The number of benzene rings is 2. The highest BCUT2D eigenvalue weighted by molar-refractivity contribution is 5.98. The van der Waals surface area contributed by atoms with Gasteiger partial charge in [0, 0.05) is 24.0 Å². The number of amides is 1. The second kappa shape index (κ2) is 6.05. The van der Waals surface area contributed by atoms with Crippen LogP contribution in [0.5, 0.6) is 5.75 Å². The second-order valence-electron chi connectivity index (χ2n) is 5.13. The van der Waals surface area contributed by atoms with Crippen molar-refractivity contribution < 1.29 is 13.9 Å². The van der Waals surface area contributed by atoms with Gasteiger partial charge in [-0.15, -0.1) is 0 Å². The molecule has 1 amide bonds. The van der Waals surface area contributed by atoms with Gasteiger partial charge in [0.2, 0.25) is 5.91 Å². The number of rotatable bonds is 4. The van der Waals surface area contributed by atoms with E-state index in [-0.39, 0.29) is 18.2 Å². The SMILES string of the molecule is COc1ccc(NCC(=O)N2CCc3ccccc32)cc1F. The topological polar surface area (TPSA) is 41.6 Å². The van der Waals surface area contributed by atoms with Crippen LogP contribution in [0.3, 0.4) is 0 Å². The number of methoxy groups -OCH3 is 1. The molecule has 0 fully saturated rings. The summed E-state index contributed by atoms with van der Waals surface area (Å²) in [5, 5.41) is 2.96. The van der Waals surface area contributed by atoms with Gasteiger partial charge in [-0.2, -0.15) is 0 Å². The third kappa shape index (κ3) is 2.74. The maximum absolute atomic E-state index is 13.6. The van der Waals surface area contributed by atoms with Gasteiger partial charge >= 0.3 is 0 Å². The summed E-state index contributed by atoms with van der Waals surface area (Å²) in [4.78, 5) is 14.1. The molecule has 0 saturated carbocycles. The van der Waals surface area contributed by atoms with Crippen LogP contribution in [0.15, 0.2) is 42.5 Å². The number of nitrogens with one attached hydrogen (secondary N) is 1. The summed E-state index contributed by atoms with van der Waals surface area (Å²) in [7, 11) is 1.42. The van der Waals surface area contributed by atoms with Gasteiger partial charge in [-0.05, 0) is 30.2 Å². The van der Waals surface area contributed by atoms with E-state index >= 15 is 0 Å². The molecule has 1 heterocycles. The molecule has 0 aliphatic carbocycles. The Morgan fingerprint density at radius 2 is 2.14 bits per heavy atom. The fourth-order valence-electron chi connectivity index (χ4n) is 2.65. The number of hydrogen-bond acceptors (Lipinski definition) is 3. The van der Waals surface area contributed by atoms with Crippen molar-refractivity contribution in [2.45, 2.75) is 6.42 Å². The zero-order valence-corrected chi connectivity index (χ0v) is 12.3. The van der Waals surface area contributed by atoms with Crippen molar-refractivity contribution in [1.82, 2.24) is 0 Å². The Morgan fingerprint density at radius 3 is 2.91 bits per heavy atom. The minimum atomic E-state index is -0.452. The summed E-state index contributed by atoms with van der Waals surface area (Å²) in [6.45, 7) is 0.816. The van der Waals surface area contributed by atoms with Gasteiger partial charge in [-0.25, -0.2) is 4.39 Å². The molecule has 0 atom stereocenters. The lowest BCUT2D eigenvalue weighted by Crippen LogP contribution is -2.34. The van der Waals surface area contributed by atoms with Gasteiger partial charge in [0.25, 0.3) is 0 Å². The average molecular weight is 300 g/mol. The highest BCUT2D eigenvalue weighted by Gasteiger charge is 2.23. The molecular weight excluding hydrogens is 283 g/mol. The van der Waals surface area contributed by atoms with Crippen molar-refractivity contribution in [2.75, 3.05) is 30.4 Å². The molecule has 1 N–H and O–H groups in total. The summed E-state index contributed by atoms with van der Waals surface area (Å²) < 4.78 is 18.5. The van der Waals surface area contributed by atoms with Gasteiger partial charge in [-0.1, -0.05) is 18.2 Å². The number of fused-ring (bicyclic) bond motifs is 1. The van der Waals surface area contributed by atoms with E-state index in [0.29, 0.717) is 12.2 Å². The van der Waals surface area contributed by atoms with Crippen LogP contribution in [0.2, 0.25) is 0 Å². The van der Waals surface area contributed by atoms with Gasteiger partial charge in [-0.3, -0.25) is 4.79 Å². The van der Waals surface area contributed by atoms with Crippen molar-refractivity contribution in [3.63, 3.8) is 0 Å². The zero-order valence-electron chi connectivity index (χ0n) is 12.3. The van der Waals surface area contributed by atoms with Crippen molar-refractivity contribution in [3.05, 3.63) is 53.8 Å². The van der Waals surface area contributed by atoms with E-state index in [4.69, 9.17) is 4.74 Å². The average Bonchev–Trinajstić information content (AvgIpc) is 2.97. The van der Waals surface area contributed by atoms with Crippen molar-refractivity contribution in [3.8, 4) is 5.75 Å². The summed E-state index contributed by atoms with van der Waals surface area (Å²) >= 11 is 0. The lowest BCUT2D eigenvalue weighted by atomic mass is 10.2. The Hall–Kier alpha value is -2.56. The lowest BCUT2D eigenvalue weighted by Gasteiger charge is -2.18. The largest absolute Gasteiger partial charge is 0.494 e. The molecule has 114 valence electrons. The molecule has 5 heteroatoms. The molecule has 3 rings (SSSR count). The maximum Gasteiger partial charge on any atom is 0.246 e. The van der Waals surface area contributed by atoms with Crippen molar-refractivity contribution in [1.29, 1.82) is 0 Å². The molecule has 22 heavy (non-hydrogen) atoms. The van der Waals surface area contributed by atoms with E-state index in [2.05, 4.69) is 5.32 Å². The third-order valence-corrected chi connectivity index (χ3v) is 3.78. The van der Waals surface area contributed by atoms with E-state index < -0.39 is 5.82 Å². The van der Waals surface area contributed by atoms with E-state index in [9.17, 15) is 9.18 Å². The molecule has 0 unspecified atom stereocenters. The Labute approximate surface area is 128 Å². The Kier molecular flexibility index (Phi) is 3.96. The lowest BCUT2D eigenvalue weighted by molar-refractivity contribution is -0.116. The monoisotopic (exact) mass is 300 g/mol. The van der Waals surface area contributed by atoms with Crippen LogP contribution in [0.1, 0.15) is 5.56 Å². The predicted octanol–water partition coefficient (Wildman–Crippen LogP) is 2.84. The first-order chi connectivity index (χ1) is 10.7. The first-order valence-corrected chi connectivity index (χ1v) is 7.14. The van der Waals surface area contributed by atoms with Crippen LogP contribution >= 0.6 is 0 Å². The van der Waals surface area contributed by atoms with E-state index in [1.807, 2.05) is 24.3 Å². The summed E-state index contributed by atoms with van der Waals surface area (Å²) in [6, 6.07) is 12.4. The number of halogens is 1. The minimum Gasteiger partial charge on any atom is -0.494 e. The number of nitrogens with zero attached hydrogens (tertiary/aromatic N) is 1. The van der Waals surface area contributed by atoms with Gasteiger partial charge in [0.05, 0.1) is 13.7 Å².